The predicted molar refractivity (Wildman–Crippen MR) is 80.8 cm³/mol. The van der Waals surface area contributed by atoms with Crippen LogP contribution >= 0.6 is 0 Å². The molecule has 2 aromatic carbocycles. The lowest BCUT2D eigenvalue weighted by Crippen LogP contribution is -2.09. The van der Waals surface area contributed by atoms with Gasteiger partial charge >= 0.3 is 5.97 Å². The van der Waals surface area contributed by atoms with Crippen molar-refractivity contribution in [1.82, 2.24) is 0 Å². The minimum atomic E-state index is -0.970. The van der Waals surface area contributed by atoms with Gasteiger partial charge in [-0.1, -0.05) is 18.2 Å². The van der Waals surface area contributed by atoms with E-state index in [9.17, 15) is 9.59 Å². The molecule has 4 nitrogen and oxygen atoms in total. The summed E-state index contributed by atoms with van der Waals surface area (Å²) in [4.78, 5) is 23.7. The highest BCUT2D eigenvalue weighted by Gasteiger charge is 2.14. The highest BCUT2D eigenvalue weighted by Crippen LogP contribution is 2.25. The number of carboxylic acid groups (broad SMARTS) is 1. The van der Waals surface area contributed by atoms with Gasteiger partial charge in [0.25, 0.3) is 0 Å². The molecule has 0 bridgehead atoms. The lowest BCUT2D eigenvalue weighted by atomic mass is 10.0. The quantitative estimate of drug-likeness (QED) is 0.733. The summed E-state index contributed by atoms with van der Waals surface area (Å²) >= 11 is 0. The zero-order valence-corrected chi connectivity index (χ0v) is 11.8. The minimum absolute atomic E-state index is 0.175. The Hall–Kier alpha value is -2.62. The molecule has 0 aliphatic heterocycles. The van der Waals surface area contributed by atoms with Gasteiger partial charge in [-0.05, 0) is 42.7 Å². The van der Waals surface area contributed by atoms with E-state index in [1.165, 1.54) is 0 Å². The fraction of sp³-hybridized carbons (Fsp3) is 0.176. The lowest BCUT2D eigenvalue weighted by Gasteiger charge is -2.08. The van der Waals surface area contributed by atoms with Crippen molar-refractivity contribution in [3.05, 3.63) is 57.2 Å². The second-order valence-electron chi connectivity index (χ2n) is 5.18. The van der Waals surface area contributed by atoms with Crippen LogP contribution in [-0.2, 0) is 11.2 Å². The third-order valence-electron chi connectivity index (χ3n) is 3.81. The zero-order valence-electron chi connectivity index (χ0n) is 11.8. The largest absolute Gasteiger partial charge is 0.481 e. The number of carboxylic acids is 1. The van der Waals surface area contributed by atoms with Crippen LogP contribution in [0.5, 0.6) is 0 Å². The molecular weight excluding hydrogens is 268 g/mol. The van der Waals surface area contributed by atoms with Gasteiger partial charge in [-0.15, -0.1) is 0 Å². The third kappa shape index (κ3) is 2.09. The fourth-order valence-electron chi connectivity index (χ4n) is 2.57. The summed E-state index contributed by atoms with van der Waals surface area (Å²) in [6.45, 7) is 3.87. The molecule has 1 heterocycles. The van der Waals surface area contributed by atoms with Crippen LogP contribution in [0.15, 0.2) is 39.5 Å². The topological polar surface area (TPSA) is 67.5 Å². The third-order valence-corrected chi connectivity index (χ3v) is 3.81. The van der Waals surface area contributed by atoms with Crippen LogP contribution in [0.25, 0.3) is 21.9 Å². The van der Waals surface area contributed by atoms with Crippen molar-refractivity contribution < 1.29 is 14.3 Å². The number of rotatable bonds is 2. The van der Waals surface area contributed by atoms with Crippen LogP contribution in [0, 0.1) is 13.8 Å². The molecule has 0 aliphatic carbocycles. The van der Waals surface area contributed by atoms with Gasteiger partial charge in [0.05, 0.1) is 17.2 Å². The van der Waals surface area contributed by atoms with Crippen molar-refractivity contribution in [1.29, 1.82) is 0 Å². The number of carbonyl (C=O) groups is 1. The van der Waals surface area contributed by atoms with E-state index in [4.69, 9.17) is 9.52 Å². The van der Waals surface area contributed by atoms with Crippen molar-refractivity contribution in [2.45, 2.75) is 20.3 Å². The highest BCUT2D eigenvalue weighted by molar-refractivity contribution is 5.94. The van der Waals surface area contributed by atoms with Crippen LogP contribution in [0.4, 0.5) is 0 Å². The number of hydrogen-bond donors (Lipinski definition) is 1. The van der Waals surface area contributed by atoms with Crippen molar-refractivity contribution in [3.8, 4) is 0 Å². The smallest absolute Gasteiger partial charge is 0.307 e. The first kappa shape index (κ1) is 13.4. The molecule has 0 spiro atoms. The van der Waals surface area contributed by atoms with Gasteiger partial charge in [0.1, 0.15) is 11.2 Å². The van der Waals surface area contributed by atoms with Gasteiger partial charge < -0.3 is 9.52 Å². The van der Waals surface area contributed by atoms with Crippen LogP contribution in [0.1, 0.15) is 16.7 Å². The van der Waals surface area contributed by atoms with Crippen LogP contribution in [0.2, 0.25) is 0 Å². The summed E-state index contributed by atoms with van der Waals surface area (Å²) in [6, 6.07) is 8.67. The SMILES string of the molecule is Cc1ccc2c(=O)c3c(CC(=O)O)cccc3oc2c1C. The first-order chi connectivity index (χ1) is 9.99. The first-order valence-electron chi connectivity index (χ1n) is 6.65. The minimum Gasteiger partial charge on any atom is -0.481 e. The maximum atomic E-state index is 12.7. The molecule has 3 aromatic rings. The van der Waals surface area contributed by atoms with E-state index >= 15 is 0 Å². The van der Waals surface area contributed by atoms with Crippen molar-refractivity contribution in [2.24, 2.45) is 0 Å². The van der Waals surface area contributed by atoms with Gasteiger partial charge in [-0.25, -0.2) is 0 Å². The summed E-state index contributed by atoms with van der Waals surface area (Å²) in [5.74, 6) is -0.970. The van der Waals surface area contributed by atoms with Gasteiger partial charge in [-0.2, -0.15) is 0 Å². The summed E-state index contributed by atoms with van der Waals surface area (Å²) in [5, 5.41) is 9.82. The van der Waals surface area contributed by atoms with Gasteiger partial charge in [-0.3, -0.25) is 9.59 Å². The standard InChI is InChI=1S/C17H14O4/c1-9-6-7-12-16(20)15-11(8-14(18)19)4-3-5-13(15)21-17(12)10(9)2/h3-7H,8H2,1-2H3,(H,18,19). The molecule has 0 unspecified atom stereocenters. The monoisotopic (exact) mass is 282 g/mol. The zero-order chi connectivity index (χ0) is 15.1. The molecule has 0 aliphatic rings. The Kier molecular flexibility index (Phi) is 3.01. The molecule has 0 radical (unpaired) electrons. The Bertz CT molecular complexity index is 935. The molecule has 0 fully saturated rings. The first-order valence-corrected chi connectivity index (χ1v) is 6.65. The van der Waals surface area contributed by atoms with E-state index in [0.29, 0.717) is 27.5 Å². The van der Waals surface area contributed by atoms with E-state index < -0.39 is 5.97 Å². The number of fused-ring (bicyclic) bond motifs is 2. The molecule has 0 atom stereocenters. The van der Waals surface area contributed by atoms with E-state index in [1.54, 1.807) is 24.3 Å². The molecule has 1 aromatic heterocycles. The normalized spacial score (nSPS) is 11.1. The number of aliphatic carboxylic acids is 1. The molecule has 1 N–H and O–H groups in total. The van der Waals surface area contributed by atoms with Gasteiger partial charge in [0.15, 0.2) is 0 Å². The van der Waals surface area contributed by atoms with Crippen molar-refractivity contribution >= 4 is 27.9 Å². The summed E-state index contributed by atoms with van der Waals surface area (Å²) in [5.41, 5.74) is 3.28. The maximum absolute atomic E-state index is 12.7. The predicted octanol–water partition coefficient (Wildman–Crippen LogP) is 3.19. The molecule has 3 rings (SSSR count). The summed E-state index contributed by atoms with van der Waals surface area (Å²) < 4.78 is 5.87. The van der Waals surface area contributed by atoms with Crippen LogP contribution < -0.4 is 5.43 Å². The lowest BCUT2D eigenvalue weighted by molar-refractivity contribution is -0.136. The summed E-state index contributed by atoms with van der Waals surface area (Å²) in [7, 11) is 0. The number of aryl methyl sites for hydroxylation is 2. The Balaban J connectivity index is 2.48. The van der Waals surface area contributed by atoms with Crippen LogP contribution in [0.3, 0.4) is 0 Å². The molecule has 0 saturated carbocycles. The summed E-state index contributed by atoms with van der Waals surface area (Å²) in [6.07, 6.45) is -0.196. The number of hydrogen-bond acceptors (Lipinski definition) is 3. The van der Waals surface area contributed by atoms with E-state index in [1.807, 2.05) is 19.9 Å². The van der Waals surface area contributed by atoms with Gasteiger partial charge in [0, 0.05) is 0 Å². The van der Waals surface area contributed by atoms with Gasteiger partial charge in [0.2, 0.25) is 5.43 Å². The Morgan fingerprint density at radius 3 is 2.67 bits per heavy atom. The van der Waals surface area contributed by atoms with E-state index in [0.717, 1.165) is 11.1 Å². The van der Waals surface area contributed by atoms with E-state index in [2.05, 4.69) is 0 Å². The molecule has 4 heteroatoms. The molecule has 106 valence electrons. The van der Waals surface area contributed by atoms with E-state index in [-0.39, 0.29) is 11.8 Å². The average molecular weight is 282 g/mol. The van der Waals surface area contributed by atoms with Crippen molar-refractivity contribution in [2.75, 3.05) is 0 Å². The van der Waals surface area contributed by atoms with Crippen LogP contribution in [-0.4, -0.2) is 11.1 Å². The molecule has 0 saturated heterocycles. The molecule has 0 amide bonds. The molecule has 21 heavy (non-hydrogen) atoms. The highest BCUT2D eigenvalue weighted by atomic mass is 16.4. The fourth-order valence-corrected chi connectivity index (χ4v) is 2.57. The Labute approximate surface area is 120 Å². The number of benzene rings is 2. The Morgan fingerprint density at radius 2 is 1.95 bits per heavy atom. The second-order valence-corrected chi connectivity index (χ2v) is 5.18. The van der Waals surface area contributed by atoms with Crippen molar-refractivity contribution in [3.63, 3.8) is 0 Å². The second kappa shape index (κ2) is 4.74. The maximum Gasteiger partial charge on any atom is 0.307 e. The average Bonchev–Trinajstić information content (AvgIpc) is 2.43. The Morgan fingerprint density at radius 1 is 1.19 bits per heavy atom. The molecular formula is C17H14O4.